The van der Waals surface area contributed by atoms with Gasteiger partial charge < -0.3 is 10.0 Å². The van der Waals surface area contributed by atoms with Crippen LogP contribution in [0.2, 0.25) is 0 Å². The Morgan fingerprint density at radius 1 is 1.05 bits per heavy atom. The molecule has 1 amide bonds. The third-order valence-electron chi connectivity index (χ3n) is 6.22. The maximum atomic E-state index is 12.3. The lowest BCUT2D eigenvalue weighted by Crippen LogP contribution is -2.63. The number of rotatable bonds is 3. The zero-order valence-corrected chi connectivity index (χ0v) is 11.6. The minimum absolute atomic E-state index is 0.224. The van der Waals surface area contributed by atoms with Crippen molar-refractivity contribution < 1.29 is 9.90 Å². The molecule has 4 saturated carbocycles. The maximum absolute atomic E-state index is 12.3. The van der Waals surface area contributed by atoms with Gasteiger partial charge in [-0.05, 0) is 49.9 Å². The van der Waals surface area contributed by atoms with Gasteiger partial charge in [-0.25, -0.2) is 0 Å². The molecule has 106 valence electrons. The Kier molecular flexibility index (Phi) is 2.87. The smallest absolute Gasteiger partial charge is 0.225 e. The molecule has 3 nitrogen and oxygen atoms in total. The van der Waals surface area contributed by atoms with Gasteiger partial charge in [0.1, 0.15) is 0 Å². The molecule has 5 aliphatic rings. The van der Waals surface area contributed by atoms with Crippen LogP contribution in [0.5, 0.6) is 0 Å². The maximum Gasteiger partial charge on any atom is 0.225 e. The lowest BCUT2D eigenvalue weighted by molar-refractivity contribution is -0.162. The number of aliphatic hydroxyl groups is 1. The highest BCUT2D eigenvalue weighted by Crippen LogP contribution is 2.51. The fraction of sp³-hybridized carbons (Fsp3) is 0.938. The Bertz CT molecular complexity index is 371. The van der Waals surface area contributed by atoms with Crippen molar-refractivity contribution in [1.82, 2.24) is 4.90 Å². The standard InChI is InChI=1S/C16H25NO2/c18-13-9-14(19)17(8-7-10-1-2-10)16-12-5-3-11(4-6-12)15(13)16/h10-13,15-16,18H,1-9H2. The van der Waals surface area contributed by atoms with E-state index in [0.29, 0.717) is 30.2 Å². The van der Waals surface area contributed by atoms with E-state index in [0.717, 1.165) is 12.5 Å². The second kappa shape index (κ2) is 4.47. The molecule has 1 saturated heterocycles. The van der Waals surface area contributed by atoms with Crippen molar-refractivity contribution in [2.75, 3.05) is 6.54 Å². The first-order valence-electron chi connectivity index (χ1n) is 8.21. The minimum atomic E-state index is -0.359. The summed E-state index contributed by atoms with van der Waals surface area (Å²) in [5.74, 6) is 2.86. The van der Waals surface area contributed by atoms with Gasteiger partial charge in [0.05, 0.1) is 12.5 Å². The Hall–Kier alpha value is -0.570. The molecule has 1 heterocycles. The first kappa shape index (κ1) is 12.2. The van der Waals surface area contributed by atoms with Gasteiger partial charge in [0.15, 0.2) is 0 Å². The predicted octanol–water partition coefficient (Wildman–Crippen LogP) is 2.18. The summed E-state index contributed by atoms with van der Waals surface area (Å²) < 4.78 is 0. The number of carbonyl (C=O) groups excluding carboxylic acids is 1. The van der Waals surface area contributed by atoms with Crippen LogP contribution in [0.3, 0.4) is 0 Å². The molecular weight excluding hydrogens is 238 g/mol. The van der Waals surface area contributed by atoms with Crippen molar-refractivity contribution in [3.63, 3.8) is 0 Å². The molecule has 1 aliphatic heterocycles. The van der Waals surface area contributed by atoms with Crippen molar-refractivity contribution >= 4 is 5.91 Å². The monoisotopic (exact) mass is 263 g/mol. The summed E-state index contributed by atoms with van der Waals surface area (Å²) in [4.78, 5) is 14.5. The molecule has 0 radical (unpaired) electrons. The molecule has 0 aromatic carbocycles. The third-order valence-corrected chi connectivity index (χ3v) is 6.22. The molecule has 3 unspecified atom stereocenters. The molecule has 1 N–H and O–H groups in total. The first-order chi connectivity index (χ1) is 9.24. The summed E-state index contributed by atoms with van der Waals surface area (Å²) in [7, 11) is 0. The molecule has 3 heteroatoms. The normalized spacial score (nSPS) is 45.4. The van der Waals surface area contributed by atoms with Gasteiger partial charge in [0.25, 0.3) is 0 Å². The van der Waals surface area contributed by atoms with Crippen LogP contribution < -0.4 is 0 Å². The third kappa shape index (κ3) is 2.01. The van der Waals surface area contributed by atoms with Gasteiger partial charge in [-0.1, -0.05) is 12.8 Å². The van der Waals surface area contributed by atoms with Gasteiger partial charge in [-0.3, -0.25) is 4.79 Å². The number of hydrogen-bond acceptors (Lipinski definition) is 2. The average Bonchev–Trinajstić information content (AvgIpc) is 3.23. The number of amides is 1. The predicted molar refractivity (Wildman–Crippen MR) is 72.4 cm³/mol. The number of hydrogen-bond donors (Lipinski definition) is 1. The molecule has 19 heavy (non-hydrogen) atoms. The van der Waals surface area contributed by atoms with Crippen LogP contribution in [0, 0.1) is 23.7 Å². The SMILES string of the molecule is O=C1CC(O)C2C3CCC(CC3)C2N1CCC1CC1. The van der Waals surface area contributed by atoms with Crippen molar-refractivity contribution in [2.45, 2.75) is 63.5 Å². The Balaban J connectivity index is 1.56. The van der Waals surface area contributed by atoms with Crippen molar-refractivity contribution in [3.8, 4) is 0 Å². The molecule has 0 spiro atoms. The van der Waals surface area contributed by atoms with E-state index >= 15 is 0 Å². The second-order valence-electron chi connectivity index (χ2n) is 7.33. The lowest BCUT2D eigenvalue weighted by atomic mass is 9.58. The summed E-state index contributed by atoms with van der Waals surface area (Å²) in [5, 5.41) is 10.4. The fourth-order valence-corrected chi connectivity index (χ4v) is 5.07. The number of aliphatic hydroxyl groups excluding tert-OH is 1. The molecule has 3 atom stereocenters. The molecular formula is C16H25NO2. The lowest BCUT2D eigenvalue weighted by Gasteiger charge is -2.56. The summed E-state index contributed by atoms with van der Waals surface area (Å²) in [6.45, 7) is 0.959. The molecule has 5 fully saturated rings. The molecule has 0 aromatic heterocycles. The Morgan fingerprint density at radius 2 is 1.74 bits per heavy atom. The van der Waals surface area contributed by atoms with Crippen LogP contribution in [-0.2, 0) is 4.79 Å². The largest absolute Gasteiger partial charge is 0.392 e. The highest BCUT2D eigenvalue weighted by molar-refractivity contribution is 5.78. The summed E-state index contributed by atoms with van der Waals surface area (Å²) in [6, 6.07) is 0.377. The van der Waals surface area contributed by atoms with E-state index in [-0.39, 0.29) is 12.0 Å². The summed E-state index contributed by atoms with van der Waals surface area (Å²) >= 11 is 0. The van der Waals surface area contributed by atoms with Gasteiger partial charge in [-0.2, -0.15) is 0 Å². The van der Waals surface area contributed by atoms with Crippen LogP contribution in [0.15, 0.2) is 0 Å². The topological polar surface area (TPSA) is 40.5 Å². The molecule has 5 rings (SSSR count). The summed E-state index contributed by atoms with van der Waals surface area (Å²) in [6.07, 6.45) is 9.09. The van der Waals surface area contributed by atoms with Gasteiger partial charge in [0, 0.05) is 18.5 Å². The van der Waals surface area contributed by atoms with E-state index in [9.17, 15) is 9.90 Å². The van der Waals surface area contributed by atoms with Crippen molar-refractivity contribution in [3.05, 3.63) is 0 Å². The van der Waals surface area contributed by atoms with Crippen LogP contribution in [0.25, 0.3) is 0 Å². The fourth-order valence-electron chi connectivity index (χ4n) is 5.07. The zero-order valence-electron chi connectivity index (χ0n) is 11.6. The number of nitrogens with zero attached hydrogens (tertiary/aromatic N) is 1. The van der Waals surface area contributed by atoms with E-state index in [1.165, 1.54) is 44.9 Å². The average molecular weight is 263 g/mol. The number of likely N-dealkylation sites (tertiary alicyclic amines) is 1. The number of fused-ring (bicyclic) bond motifs is 2. The van der Waals surface area contributed by atoms with E-state index in [1.54, 1.807) is 0 Å². The van der Waals surface area contributed by atoms with E-state index < -0.39 is 0 Å². The highest BCUT2D eigenvalue weighted by atomic mass is 16.3. The van der Waals surface area contributed by atoms with Crippen LogP contribution >= 0.6 is 0 Å². The van der Waals surface area contributed by atoms with Crippen molar-refractivity contribution in [2.24, 2.45) is 23.7 Å². The second-order valence-corrected chi connectivity index (χ2v) is 7.33. The Morgan fingerprint density at radius 3 is 2.42 bits per heavy atom. The van der Waals surface area contributed by atoms with E-state index in [2.05, 4.69) is 4.90 Å². The van der Waals surface area contributed by atoms with Crippen molar-refractivity contribution in [1.29, 1.82) is 0 Å². The number of piperidine rings is 1. The molecule has 2 bridgehead atoms. The minimum Gasteiger partial charge on any atom is -0.392 e. The highest BCUT2D eigenvalue weighted by Gasteiger charge is 2.53. The zero-order chi connectivity index (χ0) is 13.0. The van der Waals surface area contributed by atoms with Crippen LogP contribution in [-0.4, -0.2) is 34.6 Å². The summed E-state index contributed by atoms with van der Waals surface area (Å²) in [5.41, 5.74) is 0. The van der Waals surface area contributed by atoms with E-state index in [4.69, 9.17) is 0 Å². The Labute approximate surface area is 115 Å². The van der Waals surface area contributed by atoms with Crippen LogP contribution in [0.1, 0.15) is 51.4 Å². The first-order valence-corrected chi connectivity index (χ1v) is 8.21. The number of carbonyl (C=O) groups is 1. The van der Waals surface area contributed by atoms with Gasteiger partial charge in [-0.15, -0.1) is 0 Å². The van der Waals surface area contributed by atoms with Gasteiger partial charge >= 0.3 is 0 Å². The van der Waals surface area contributed by atoms with E-state index in [1.807, 2.05) is 0 Å². The quantitative estimate of drug-likeness (QED) is 0.848. The molecule has 0 aromatic rings. The van der Waals surface area contributed by atoms with Crippen LogP contribution in [0.4, 0.5) is 0 Å². The molecule has 4 aliphatic carbocycles. The van der Waals surface area contributed by atoms with Gasteiger partial charge in [0.2, 0.25) is 5.91 Å².